The van der Waals surface area contributed by atoms with Gasteiger partial charge < -0.3 is 10.2 Å². The minimum atomic E-state index is 0.356. The number of rotatable bonds is 3. The van der Waals surface area contributed by atoms with Gasteiger partial charge in [-0.1, -0.05) is 13.3 Å². The van der Waals surface area contributed by atoms with Crippen molar-refractivity contribution >= 4 is 17.7 Å². The van der Waals surface area contributed by atoms with Crippen molar-refractivity contribution in [2.75, 3.05) is 31.9 Å². The highest BCUT2D eigenvalue weighted by atomic mass is 32.2. The third kappa shape index (κ3) is 3.01. The van der Waals surface area contributed by atoms with E-state index in [1.54, 1.807) is 0 Å². The third-order valence-corrected chi connectivity index (χ3v) is 6.62. The first-order valence-electron chi connectivity index (χ1n) is 8.36. The number of amides is 1. The number of nitrogens with zero attached hydrogens (tertiary/aromatic N) is 1. The predicted octanol–water partition coefficient (Wildman–Crippen LogP) is 2.51. The lowest BCUT2D eigenvalue weighted by Crippen LogP contribution is -2.39. The summed E-state index contributed by atoms with van der Waals surface area (Å²) in [6, 6.07) is 0. The average molecular weight is 296 g/mol. The molecule has 1 aliphatic carbocycles. The molecule has 2 heterocycles. The van der Waals surface area contributed by atoms with E-state index in [1.165, 1.54) is 37.9 Å². The van der Waals surface area contributed by atoms with Crippen LogP contribution in [0.4, 0.5) is 0 Å². The molecule has 114 valence electrons. The normalized spacial score (nSPS) is 33.0. The number of piperidine rings is 1. The van der Waals surface area contributed by atoms with Gasteiger partial charge in [-0.3, -0.25) is 4.79 Å². The Kier molecular flexibility index (Phi) is 4.61. The smallest absolute Gasteiger partial charge is 0.226 e. The van der Waals surface area contributed by atoms with Crippen molar-refractivity contribution in [1.29, 1.82) is 0 Å². The Morgan fingerprint density at radius 2 is 2.15 bits per heavy atom. The lowest BCUT2D eigenvalue weighted by Gasteiger charge is -2.27. The Bertz CT molecular complexity index is 354. The van der Waals surface area contributed by atoms with Gasteiger partial charge in [0.15, 0.2) is 0 Å². The zero-order valence-corrected chi connectivity index (χ0v) is 13.5. The van der Waals surface area contributed by atoms with E-state index in [0.29, 0.717) is 22.5 Å². The van der Waals surface area contributed by atoms with Crippen LogP contribution in [0, 0.1) is 11.3 Å². The lowest BCUT2D eigenvalue weighted by molar-refractivity contribution is -0.133. The molecule has 3 rings (SSSR count). The molecule has 0 aromatic rings. The highest BCUT2D eigenvalue weighted by molar-refractivity contribution is 7.99. The molecular formula is C16H28N2OS. The van der Waals surface area contributed by atoms with Crippen molar-refractivity contribution in [1.82, 2.24) is 10.2 Å². The van der Waals surface area contributed by atoms with Crippen LogP contribution in [0.1, 0.15) is 45.4 Å². The van der Waals surface area contributed by atoms with Crippen LogP contribution in [0.5, 0.6) is 0 Å². The Hall–Kier alpha value is -0.220. The molecule has 0 aromatic heterocycles. The maximum absolute atomic E-state index is 12.8. The maximum atomic E-state index is 12.8. The monoisotopic (exact) mass is 296 g/mol. The van der Waals surface area contributed by atoms with E-state index in [9.17, 15) is 4.79 Å². The molecule has 0 bridgehead atoms. The van der Waals surface area contributed by atoms with E-state index < -0.39 is 0 Å². The second-order valence-corrected chi connectivity index (χ2v) is 8.30. The number of carbonyl (C=O) groups excluding carboxylic acids is 1. The van der Waals surface area contributed by atoms with Crippen LogP contribution < -0.4 is 5.32 Å². The van der Waals surface area contributed by atoms with Gasteiger partial charge in [0.25, 0.3) is 0 Å². The van der Waals surface area contributed by atoms with Crippen LogP contribution in [0.25, 0.3) is 0 Å². The van der Waals surface area contributed by atoms with Gasteiger partial charge >= 0.3 is 0 Å². The van der Waals surface area contributed by atoms with E-state index in [4.69, 9.17) is 0 Å². The summed E-state index contributed by atoms with van der Waals surface area (Å²) in [7, 11) is 0. The fourth-order valence-corrected chi connectivity index (χ4v) is 5.16. The Morgan fingerprint density at radius 3 is 2.90 bits per heavy atom. The summed E-state index contributed by atoms with van der Waals surface area (Å²) < 4.78 is 0. The van der Waals surface area contributed by atoms with Crippen LogP contribution in [0.3, 0.4) is 0 Å². The summed E-state index contributed by atoms with van der Waals surface area (Å²) in [4.78, 5) is 15.0. The summed E-state index contributed by atoms with van der Waals surface area (Å²) in [5, 5.41) is 4.10. The Morgan fingerprint density at radius 1 is 1.35 bits per heavy atom. The fraction of sp³-hybridized carbons (Fsp3) is 0.938. The number of carbonyl (C=O) groups is 1. The van der Waals surface area contributed by atoms with Gasteiger partial charge in [0.05, 0.1) is 0 Å². The summed E-state index contributed by atoms with van der Waals surface area (Å²) in [5.74, 6) is 2.01. The van der Waals surface area contributed by atoms with Gasteiger partial charge in [-0.15, -0.1) is 0 Å². The van der Waals surface area contributed by atoms with E-state index in [-0.39, 0.29) is 0 Å². The SMILES string of the molecule is CCSC1CCCCN(C(=O)C2CC23CCNCC3)C1. The van der Waals surface area contributed by atoms with Gasteiger partial charge in [-0.2, -0.15) is 11.8 Å². The molecule has 2 atom stereocenters. The third-order valence-electron chi connectivity index (χ3n) is 5.43. The number of hydrogen-bond acceptors (Lipinski definition) is 3. The fourth-order valence-electron chi connectivity index (χ4n) is 4.07. The minimum absolute atomic E-state index is 0.356. The summed E-state index contributed by atoms with van der Waals surface area (Å²) in [5.41, 5.74) is 0.391. The molecule has 2 saturated heterocycles. The molecule has 3 fully saturated rings. The molecule has 20 heavy (non-hydrogen) atoms. The molecule has 0 aromatic carbocycles. The molecular weight excluding hydrogens is 268 g/mol. The van der Waals surface area contributed by atoms with Gasteiger partial charge in [0.1, 0.15) is 0 Å². The largest absolute Gasteiger partial charge is 0.341 e. The van der Waals surface area contributed by atoms with E-state index in [2.05, 4.69) is 17.1 Å². The first-order chi connectivity index (χ1) is 9.75. The molecule has 2 aliphatic heterocycles. The van der Waals surface area contributed by atoms with Crippen LogP contribution in [-0.4, -0.2) is 48.0 Å². The van der Waals surface area contributed by atoms with E-state index >= 15 is 0 Å². The summed E-state index contributed by atoms with van der Waals surface area (Å²) in [6.07, 6.45) is 7.38. The number of hydrogen-bond donors (Lipinski definition) is 1. The average Bonchev–Trinajstić information content (AvgIpc) is 3.19. The molecule has 1 amide bonds. The number of likely N-dealkylation sites (tertiary alicyclic amines) is 1. The van der Waals surface area contributed by atoms with Crippen molar-refractivity contribution in [3.63, 3.8) is 0 Å². The molecule has 2 unspecified atom stereocenters. The Labute approximate surface area is 127 Å². The number of nitrogens with one attached hydrogen (secondary N) is 1. The van der Waals surface area contributed by atoms with Crippen molar-refractivity contribution < 1.29 is 4.79 Å². The quantitative estimate of drug-likeness (QED) is 0.868. The first kappa shape index (κ1) is 14.7. The van der Waals surface area contributed by atoms with Gasteiger partial charge in [0.2, 0.25) is 5.91 Å². The molecule has 1 spiro atoms. The lowest BCUT2D eigenvalue weighted by atomic mass is 9.91. The predicted molar refractivity (Wildman–Crippen MR) is 85.0 cm³/mol. The van der Waals surface area contributed by atoms with Crippen LogP contribution in [0.2, 0.25) is 0 Å². The standard InChI is InChI=1S/C16H28N2OS/c1-2-20-13-5-3-4-10-18(12-13)15(19)14-11-16(14)6-8-17-9-7-16/h13-14,17H,2-12H2,1H3. The molecule has 3 aliphatic rings. The van der Waals surface area contributed by atoms with Crippen molar-refractivity contribution in [3.05, 3.63) is 0 Å². The molecule has 4 heteroatoms. The van der Waals surface area contributed by atoms with E-state index in [0.717, 1.165) is 32.6 Å². The van der Waals surface area contributed by atoms with Crippen molar-refractivity contribution in [2.24, 2.45) is 11.3 Å². The molecule has 1 N–H and O–H groups in total. The zero-order valence-electron chi connectivity index (χ0n) is 12.7. The second kappa shape index (κ2) is 6.27. The topological polar surface area (TPSA) is 32.3 Å². The van der Waals surface area contributed by atoms with Crippen LogP contribution in [-0.2, 0) is 4.79 Å². The van der Waals surface area contributed by atoms with Crippen LogP contribution >= 0.6 is 11.8 Å². The molecule has 1 saturated carbocycles. The Balaban J connectivity index is 1.59. The van der Waals surface area contributed by atoms with Crippen molar-refractivity contribution in [3.8, 4) is 0 Å². The van der Waals surface area contributed by atoms with E-state index in [1.807, 2.05) is 11.8 Å². The van der Waals surface area contributed by atoms with Crippen molar-refractivity contribution in [2.45, 2.75) is 50.7 Å². The number of thioether (sulfide) groups is 1. The second-order valence-electron chi connectivity index (χ2n) is 6.73. The van der Waals surface area contributed by atoms with Crippen LogP contribution in [0.15, 0.2) is 0 Å². The van der Waals surface area contributed by atoms with Gasteiger partial charge in [-0.25, -0.2) is 0 Å². The molecule has 0 radical (unpaired) electrons. The summed E-state index contributed by atoms with van der Waals surface area (Å²) in [6.45, 7) is 6.45. The zero-order chi connectivity index (χ0) is 14.0. The maximum Gasteiger partial charge on any atom is 0.226 e. The highest BCUT2D eigenvalue weighted by Crippen LogP contribution is 2.59. The molecule has 3 nitrogen and oxygen atoms in total. The van der Waals surface area contributed by atoms with Gasteiger partial charge in [-0.05, 0) is 56.4 Å². The highest BCUT2D eigenvalue weighted by Gasteiger charge is 2.58. The first-order valence-corrected chi connectivity index (χ1v) is 9.41. The minimum Gasteiger partial charge on any atom is -0.341 e. The van der Waals surface area contributed by atoms with Gasteiger partial charge in [0, 0.05) is 24.3 Å². The summed E-state index contributed by atoms with van der Waals surface area (Å²) >= 11 is 2.04.